The molecule has 1 aromatic rings. The molecule has 2 fully saturated rings. The summed E-state index contributed by atoms with van der Waals surface area (Å²) in [6, 6.07) is 0. The fourth-order valence-electron chi connectivity index (χ4n) is 3.79. The minimum atomic E-state index is -3.70. The van der Waals surface area contributed by atoms with Gasteiger partial charge in [-0.2, -0.15) is 9.40 Å². The van der Waals surface area contributed by atoms with E-state index in [1.165, 1.54) is 15.4 Å². The van der Waals surface area contributed by atoms with E-state index in [2.05, 4.69) is 5.10 Å². The zero-order valence-corrected chi connectivity index (χ0v) is 16.3. The SMILES string of the molecule is Cc1nn(C)c(Cl)c1S(=O)(=O)N1CCN(C(=O)C2CCCCC2)CC1. The molecule has 0 atom stereocenters. The molecule has 25 heavy (non-hydrogen) atoms. The average Bonchev–Trinajstić information content (AvgIpc) is 2.87. The van der Waals surface area contributed by atoms with Gasteiger partial charge in [0.15, 0.2) is 0 Å². The molecule has 0 radical (unpaired) electrons. The Morgan fingerprint density at radius 3 is 2.24 bits per heavy atom. The van der Waals surface area contributed by atoms with Gasteiger partial charge in [0, 0.05) is 39.1 Å². The number of hydrogen-bond acceptors (Lipinski definition) is 4. The molecule has 1 saturated carbocycles. The summed E-state index contributed by atoms with van der Waals surface area (Å²) < 4.78 is 28.6. The Bertz CT molecular complexity index is 748. The number of aryl methyl sites for hydroxylation is 2. The van der Waals surface area contributed by atoms with Gasteiger partial charge >= 0.3 is 0 Å². The van der Waals surface area contributed by atoms with Crippen LogP contribution in [-0.2, 0) is 21.9 Å². The summed E-state index contributed by atoms with van der Waals surface area (Å²) in [5.41, 5.74) is 0.396. The van der Waals surface area contributed by atoms with E-state index in [0.29, 0.717) is 31.9 Å². The molecule has 0 bridgehead atoms. The number of piperazine rings is 1. The van der Waals surface area contributed by atoms with Gasteiger partial charge in [-0.15, -0.1) is 0 Å². The molecule has 1 aliphatic heterocycles. The van der Waals surface area contributed by atoms with E-state index in [9.17, 15) is 13.2 Å². The highest BCUT2D eigenvalue weighted by molar-refractivity contribution is 7.89. The highest BCUT2D eigenvalue weighted by Crippen LogP contribution is 2.29. The number of carbonyl (C=O) groups excluding carboxylic acids is 1. The number of hydrogen-bond donors (Lipinski definition) is 0. The molecule has 0 aromatic carbocycles. The molecule has 0 unspecified atom stereocenters. The fraction of sp³-hybridized carbons (Fsp3) is 0.750. The standard InChI is InChI=1S/C16H25ClN4O3S/c1-12-14(15(17)19(2)18-12)25(23,24)21-10-8-20(9-11-21)16(22)13-6-4-3-5-7-13/h13H,3-11H2,1-2H3. The van der Waals surface area contributed by atoms with Crippen molar-refractivity contribution in [3.8, 4) is 0 Å². The van der Waals surface area contributed by atoms with Crippen LogP contribution in [0.2, 0.25) is 5.15 Å². The van der Waals surface area contributed by atoms with Gasteiger partial charge in [-0.1, -0.05) is 30.9 Å². The monoisotopic (exact) mass is 388 g/mol. The minimum absolute atomic E-state index is 0.0729. The predicted molar refractivity (Wildman–Crippen MR) is 94.9 cm³/mol. The van der Waals surface area contributed by atoms with Gasteiger partial charge in [0.25, 0.3) is 0 Å². The first-order valence-corrected chi connectivity index (χ1v) is 10.6. The Kier molecular flexibility index (Phi) is 5.41. The topological polar surface area (TPSA) is 75.5 Å². The number of halogens is 1. The largest absolute Gasteiger partial charge is 0.340 e. The van der Waals surface area contributed by atoms with Crippen molar-refractivity contribution in [1.82, 2.24) is 19.0 Å². The van der Waals surface area contributed by atoms with Crippen LogP contribution >= 0.6 is 11.6 Å². The van der Waals surface area contributed by atoms with Crippen molar-refractivity contribution < 1.29 is 13.2 Å². The lowest BCUT2D eigenvalue weighted by atomic mass is 9.88. The van der Waals surface area contributed by atoms with Crippen molar-refractivity contribution in [3.63, 3.8) is 0 Å². The molecule has 1 aliphatic carbocycles. The molecule has 0 N–H and O–H groups in total. The van der Waals surface area contributed by atoms with Crippen LogP contribution < -0.4 is 0 Å². The third-order valence-corrected chi connectivity index (χ3v) is 7.80. The lowest BCUT2D eigenvalue weighted by molar-refractivity contribution is -0.137. The van der Waals surface area contributed by atoms with Crippen molar-refractivity contribution >= 4 is 27.5 Å². The van der Waals surface area contributed by atoms with E-state index in [-0.39, 0.29) is 21.9 Å². The molecule has 1 aromatic heterocycles. The Balaban J connectivity index is 1.68. The highest BCUT2D eigenvalue weighted by atomic mass is 35.5. The van der Waals surface area contributed by atoms with Gasteiger partial charge in [0.1, 0.15) is 10.0 Å². The molecule has 3 rings (SSSR count). The van der Waals surface area contributed by atoms with E-state index < -0.39 is 10.0 Å². The van der Waals surface area contributed by atoms with E-state index in [1.54, 1.807) is 14.0 Å². The maximum atomic E-state index is 12.9. The van der Waals surface area contributed by atoms with Crippen molar-refractivity contribution in [2.75, 3.05) is 26.2 Å². The number of amides is 1. The molecule has 1 saturated heterocycles. The van der Waals surface area contributed by atoms with E-state index in [0.717, 1.165) is 25.7 Å². The Labute approximate surface area is 154 Å². The quantitative estimate of drug-likeness (QED) is 0.791. The van der Waals surface area contributed by atoms with Gasteiger partial charge in [-0.25, -0.2) is 8.42 Å². The van der Waals surface area contributed by atoms with Crippen LogP contribution in [0.1, 0.15) is 37.8 Å². The zero-order valence-electron chi connectivity index (χ0n) is 14.7. The summed E-state index contributed by atoms with van der Waals surface area (Å²) >= 11 is 6.13. The predicted octanol–water partition coefficient (Wildman–Crippen LogP) is 1.80. The molecule has 7 nitrogen and oxygen atoms in total. The second kappa shape index (κ2) is 7.25. The van der Waals surface area contributed by atoms with Crippen molar-refractivity contribution in [3.05, 3.63) is 10.8 Å². The van der Waals surface area contributed by atoms with Gasteiger partial charge < -0.3 is 4.90 Å². The van der Waals surface area contributed by atoms with Crippen molar-refractivity contribution in [2.45, 2.75) is 43.9 Å². The third kappa shape index (κ3) is 3.57. The van der Waals surface area contributed by atoms with E-state index in [1.807, 2.05) is 4.90 Å². The van der Waals surface area contributed by atoms with Crippen LogP contribution in [0.25, 0.3) is 0 Å². The zero-order chi connectivity index (χ0) is 18.2. The Hall–Kier alpha value is -1.12. The summed E-state index contributed by atoms with van der Waals surface area (Å²) in [6.07, 6.45) is 5.36. The molecule has 0 spiro atoms. The smallest absolute Gasteiger partial charge is 0.248 e. The first kappa shape index (κ1) is 18.7. The molecule has 2 heterocycles. The normalized spacial score (nSPS) is 20.8. The Morgan fingerprint density at radius 2 is 1.72 bits per heavy atom. The molecular weight excluding hydrogens is 364 g/mol. The lowest BCUT2D eigenvalue weighted by Crippen LogP contribution is -2.52. The lowest BCUT2D eigenvalue weighted by Gasteiger charge is -2.36. The first-order chi connectivity index (χ1) is 11.8. The van der Waals surface area contributed by atoms with Crippen LogP contribution in [-0.4, -0.2) is 59.5 Å². The number of nitrogens with zero attached hydrogens (tertiary/aromatic N) is 4. The number of carbonyl (C=O) groups is 1. The van der Waals surface area contributed by atoms with Crippen LogP contribution in [0.3, 0.4) is 0 Å². The summed E-state index contributed by atoms with van der Waals surface area (Å²) in [7, 11) is -2.08. The molecule has 140 valence electrons. The van der Waals surface area contributed by atoms with Crippen LogP contribution in [0, 0.1) is 12.8 Å². The van der Waals surface area contributed by atoms with Crippen LogP contribution in [0.4, 0.5) is 0 Å². The highest BCUT2D eigenvalue weighted by Gasteiger charge is 2.35. The third-order valence-electron chi connectivity index (χ3n) is 5.20. The molecule has 1 amide bonds. The van der Waals surface area contributed by atoms with E-state index >= 15 is 0 Å². The van der Waals surface area contributed by atoms with Gasteiger partial charge in [-0.3, -0.25) is 9.48 Å². The number of aromatic nitrogens is 2. The average molecular weight is 389 g/mol. The van der Waals surface area contributed by atoms with Gasteiger partial charge in [0.05, 0.1) is 5.69 Å². The van der Waals surface area contributed by atoms with Crippen molar-refractivity contribution in [1.29, 1.82) is 0 Å². The Morgan fingerprint density at radius 1 is 1.12 bits per heavy atom. The van der Waals surface area contributed by atoms with Gasteiger partial charge in [0.2, 0.25) is 15.9 Å². The number of rotatable bonds is 3. The van der Waals surface area contributed by atoms with Crippen LogP contribution in [0.5, 0.6) is 0 Å². The van der Waals surface area contributed by atoms with Gasteiger partial charge in [-0.05, 0) is 19.8 Å². The molecule has 9 heteroatoms. The van der Waals surface area contributed by atoms with Crippen molar-refractivity contribution in [2.24, 2.45) is 13.0 Å². The fourth-order valence-corrected chi connectivity index (χ4v) is 5.92. The maximum Gasteiger partial charge on any atom is 0.248 e. The minimum Gasteiger partial charge on any atom is -0.340 e. The molecular formula is C16H25ClN4O3S. The maximum absolute atomic E-state index is 12.9. The summed E-state index contributed by atoms with van der Waals surface area (Å²) in [4.78, 5) is 14.5. The summed E-state index contributed by atoms with van der Waals surface area (Å²) in [6.45, 7) is 3.11. The summed E-state index contributed by atoms with van der Waals surface area (Å²) in [5.74, 6) is 0.305. The second-order valence-corrected chi connectivity index (χ2v) is 9.13. The summed E-state index contributed by atoms with van der Waals surface area (Å²) in [5, 5.41) is 4.21. The van der Waals surface area contributed by atoms with Crippen LogP contribution in [0.15, 0.2) is 4.90 Å². The molecule has 2 aliphatic rings. The number of sulfonamides is 1. The van der Waals surface area contributed by atoms with E-state index in [4.69, 9.17) is 11.6 Å². The first-order valence-electron chi connectivity index (χ1n) is 8.80. The second-order valence-electron chi connectivity index (χ2n) is 6.89.